The molecule has 1 aliphatic rings. The van der Waals surface area contributed by atoms with Crippen molar-refractivity contribution in [1.82, 2.24) is 14.5 Å². The molecule has 12 heteroatoms. The minimum atomic E-state index is -3.83. The summed E-state index contributed by atoms with van der Waals surface area (Å²) in [5, 5.41) is 1.41. The normalized spacial score (nSPS) is 14.2. The van der Waals surface area contributed by atoms with Crippen molar-refractivity contribution in [2.75, 3.05) is 32.5 Å². The van der Waals surface area contributed by atoms with Gasteiger partial charge in [0.25, 0.3) is 0 Å². The Hall–Kier alpha value is -2.89. The molecule has 238 valence electrons. The van der Waals surface area contributed by atoms with E-state index in [9.17, 15) is 17.6 Å². The second-order valence-electron chi connectivity index (χ2n) is 11.5. The first-order chi connectivity index (χ1) is 21.4. The Kier molecular flexibility index (Phi) is 10.3. The van der Waals surface area contributed by atoms with E-state index in [-0.39, 0.29) is 28.1 Å². The topological polar surface area (TPSA) is 81.5 Å². The van der Waals surface area contributed by atoms with Crippen LogP contribution in [0.25, 0.3) is 5.69 Å². The number of carbonyl (C=O) groups is 1. The van der Waals surface area contributed by atoms with Gasteiger partial charge in [-0.15, -0.1) is 0 Å². The maximum Gasteiger partial charge on any atom is 0.185 e. The molecule has 0 N–H and O–H groups in total. The van der Waals surface area contributed by atoms with Crippen LogP contribution in [0.1, 0.15) is 43.5 Å². The molecule has 3 aromatic carbocycles. The van der Waals surface area contributed by atoms with Gasteiger partial charge in [0.2, 0.25) is 0 Å². The monoisotopic (exact) mass is 689 g/mol. The number of likely N-dealkylation sites (tertiary alicyclic amines) is 1. The van der Waals surface area contributed by atoms with E-state index >= 15 is 0 Å². The minimum Gasteiger partial charge on any atom is -0.495 e. The van der Waals surface area contributed by atoms with Crippen molar-refractivity contribution >= 4 is 50.6 Å². The van der Waals surface area contributed by atoms with Gasteiger partial charge in [0.1, 0.15) is 17.3 Å². The molecule has 0 aliphatic carbocycles. The number of sulfone groups is 1. The largest absolute Gasteiger partial charge is 0.495 e. The summed E-state index contributed by atoms with van der Waals surface area (Å²) in [5.74, 6) is -0.268. The van der Waals surface area contributed by atoms with E-state index < -0.39 is 21.0 Å². The second kappa shape index (κ2) is 13.8. The third kappa shape index (κ3) is 7.58. The molecule has 4 aromatic rings. The van der Waals surface area contributed by atoms with Crippen LogP contribution in [-0.2, 0) is 25.8 Å². The zero-order valence-electron chi connectivity index (χ0n) is 25.2. The Balaban J connectivity index is 1.39. The molecule has 5 rings (SSSR count). The summed E-state index contributed by atoms with van der Waals surface area (Å²) in [5.41, 5.74) is 2.66. The lowest BCUT2D eigenvalue weighted by atomic mass is 9.81. The zero-order valence-corrected chi connectivity index (χ0v) is 28.4. The number of carbonyl (C=O) groups excluding carboxylic acids is 1. The van der Waals surface area contributed by atoms with Crippen molar-refractivity contribution < 1.29 is 22.3 Å². The van der Waals surface area contributed by atoms with Crippen LogP contribution in [0.4, 0.5) is 4.39 Å². The Labute approximate surface area is 277 Å². The molecular weight excluding hydrogens is 656 g/mol. The molecule has 0 radical (unpaired) electrons. The van der Waals surface area contributed by atoms with E-state index in [1.54, 1.807) is 31.5 Å². The molecule has 1 saturated heterocycles. The molecule has 1 aromatic heterocycles. The fraction of sp³-hybridized carbons (Fsp3) is 0.333. The van der Waals surface area contributed by atoms with E-state index in [0.29, 0.717) is 27.2 Å². The fourth-order valence-electron chi connectivity index (χ4n) is 5.43. The van der Waals surface area contributed by atoms with Crippen LogP contribution >= 0.6 is 35.0 Å². The third-order valence-corrected chi connectivity index (χ3v) is 11.3. The van der Waals surface area contributed by atoms with Crippen LogP contribution in [0, 0.1) is 5.82 Å². The number of ketones is 1. The number of benzene rings is 3. The number of thioether (sulfide) groups is 1. The smallest absolute Gasteiger partial charge is 0.185 e. The Morgan fingerprint density at radius 1 is 1.02 bits per heavy atom. The van der Waals surface area contributed by atoms with Crippen molar-refractivity contribution in [3.63, 3.8) is 0 Å². The zero-order chi connectivity index (χ0) is 32.4. The third-order valence-electron chi connectivity index (χ3n) is 8.02. The quantitative estimate of drug-likeness (QED) is 0.144. The predicted octanol–water partition coefficient (Wildman–Crippen LogP) is 7.38. The molecule has 0 atom stereocenters. The molecule has 1 aliphatic heterocycles. The highest BCUT2D eigenvalue weighted by Crippen LogP contribution is 2.39. The average Bonchev–Trinajstić information content (AvgIpc) is 3.67. The molecule has 0 saturated carbocycles. The molecule has 1 fully saturated rings. The first kappa shape index (κ1) is 33.5. The van der Waals surface area contributed by atoms with Gasteiger partial charge in [-0.05, 0) is 85.6 Å². The number of Topliss-reactive ketones (excluding diaryl/α,β-unsaturated/α-hetero) is 1. The van der Waals surface area contributed by atoms with Gasteiger partial charge < -0.3 is 4.74 Å². The van der Waals surface area contributed by atoms with Gasteiger partial charge in [-0.2, -0.15) is 0 Å². The van der Waals surface area contributed by atoms with Crippen LogP contribution in [-0.4, -0.2) is 61.1 Å². The SMILES string of the molecule is COc1ccc(C(C)(C)c2cnc(SCc3ccc(S(=O)(=O)CC(=O)CN4CCCC4)cc3Cl)n2-c2ccc(F)cc2)cc1Cl. The molecule has 45 heavy (non-hydrogen) atoms. The van der Waals surface area contributed by atoms with Crippen molar-refractivity contribution in [1.29, 1.82) is 0 Å². The number of aromatic nitrogens is 2. The summed E-state index contributed by atoms with van der Waals surface area (Å²) in [6.07, 6.45) is 3.84. The van der Waals surface area contributed by atoms with Gasteiger partial charge in [-0.3, -0.25) is 14.3 Å². The van der Waals surface area contributed by atoms with Gasteiger partial charge in [0.05, 0.1) is 35.5 Å². The molecule has 0 amide bonds. The van der Waals surface area contributed by atoms with E-state index in [2.05, 4.69) is 13.8 Å². The summed E-state index contributed by atoms with van der Waals surface area (Å²) in [6, 6.07) is 16.4. The van der Waals surface area contributed by atoms with Gasteiger partial charge >= 0.3 is 0 Å². The van der Waals surface area contributed by atoms with Crippen LogP contribution in [0.3, 0.4) is 0 Å². The van der Waals surface area contributed by atoms with Crippen LogP contribution < -0.4 is 4.74 Å². The summed E-state index contributed by atoms with van der Waals surface area (Å²) in [7, 11) is -2.27. The van der Waals surface area contributed by atoms with Crippen molar-refractivity contribution in [3.05, 3.63) is 99.5 Å². The summed E-state index contributed by atoms with van der Waals surface area (Å²) in [4.78, 5) is 19.2. The van der Waals surface area contributed by atoms with Gasteiger partial charge in [0.15, 0.2) is 20.8 Å². The number of imidazole rings is 1. The highest BCUT2D eigenvalue weighted by Gasteiger charge is 2.30. The van der Waals surface area contributed by atoms with E-state index in [4.69, 9.17) is 32.9 Å². The second-order valence-corrected chi connectivity index (χ2v) is 15.3. The summed E-state index contributed by atoms with van der Waals surface area (Å²) >= 11 is 14.5. The highest BCUT2D eigenvalue weighted by atomic mass is 35.5. The van der Waals surface area contributed by atoms with Gasteiger partial charge in [0, 0.05) is 21.9 Å². The van der Waals surface area contributed by atoms with E-state index in [1.165, 1.54) is 36.0 Å². The number of rotatable bonds is 12. The maximum absolute atomic E-state index is 13.9. The molecule has 0 bridgehead atoms. The molecule has 0 unspecified atom stereocenters. The molecule has 7 nitrogen and oxygen atoms in total. The number of hydrogen-bond donors (Lipinski definition) is 0. The summed E-state index contributed by atoms with van der Waals surface area (Å²) in [6.45, 7) is 5.90. The van der Waals surface area contributed by atoms with Crippen LogP contribution in [0.15, 0.2) is 76.9 Å². The average molecular weight is 691 g/mol. The standard InChI is InChI=1S/C33H34Cl2FN3O4S2/c1-33(2,23-7-13-30(43-3)29(35)16-23)31-18-37-32(39(31)25-10-8-24(36)9-11-25)44-20-22-6-12-27(17-28(22)34)45(41,42)21-26(40)19-38-14-4-5-15-38/h6-13,16-18H,4-5,14-15,19-21H2,1-3H3. The van der Waals surface area contributed by atoms with Crippen molar-refractivity contribution in [2.45, 2.75) is 47.9 Å². The predicted molar refractivity (Wildman–Crippen MR) is 177 cm³/mol. The van der Waals surface area contributed by atoms with E-state index in [0.717, 1.165) is 42.9 Å². The number of hydrogen-bond acceptors (Lipinski definition) is 7. The molecule has 2 heterocycles. The van der Waals surface area contributed by atoms with Gasteiger partial charge in [-0.1, -0.05) is 60.9 Å². The molecular formula is C33H34Cl2FN3O4S2. The van der Waals surface area contributed by atoms with Gasteiger partial charge in [-0.25, -0.2) is 17.8 Å². The Morgan fingerprint density at radius 2 is 1.73 bits per heavy atom. The van der Waals surface area contributed by atoms with Crippen LogP contribution in [0.2, 0.25) is 10.0 Å². The lowest BCUT2D eigenvalue weighted by Crippen LogP contribution is -2.30. The highest BCUT2D eigenvalue weighted by molar-refractivity contribution is 7.98. The number of halogens is 3. The summed E-state index contributed by atoms with van der Waals surface area (Å²) < 4.78 is 47.2. The lowest BCUT2D eigenvalue weighted by molar-refractivity contribution is -0.117. The Bertz CT molecular complexity index is 1810. The van der Waals surface area contributed by atoms with Crippen molar-refractivity contribution in [2.24, 2.45) is 0 Å². The van der Waals surface area contributed by atoms with E-state index in [1.807, 2.05) is 27.7 Å². The first-order valence-electron chi connectivity index (χ1n) is 14.5. The number of ether oxygens (including phenoxy) is 1. The van der Waals surface area contributed by atoms with Crippen molar-refractivity contribution in [3.8, 4) is 11.4 Å². The number of nitrogens with zero attached hydrogens (tertiary/aromatic N) is 3. The number of methoxy groups -OCH3 is 1. The van der Waals surface area contributed by atoms with Crippen LogP contribution in [0.5, 0.6) is 5.75 Å². The molecule has 0 spiro atoms. The lowest BCUT2D eigenvalue weighted by Gasteiger charge is -2.28. The maximum atomic E-state index is 13.9. The Morgan fingerprint density at radius 3 is 2.38 bits per heavy atom. The first-order valence-corrected chi connectivity index (χ1v) is 17.8. The minimum absolute atomic E-state index is 0.0195. The fourth-order valence-corrected chi connectivity index (χ4v) is 8.33.